The third-order valence-corrected chi connectivity index (χ3v) is 3.60. The van der Waals surface area contributed by atoms with Crippen LogP contribution in [0.25, 0.3) is 17.1 Å². The van der Waals surface area contributed by atoms with E-state index in [0.717, 1.165) is 22.4 Å². The molecule has 1 heterocycles. The zero-order valence-electron chi connectivity index (χ0n) is 11.8. The van der Waals surface area contributed by atoms with Gasteiger partial charge in [0.2, 0.25) is 5.91 Å². The molecule has 3 rings (SSSR count). The second kappa shape index (κ2) is 6.45. The first-order valence-corrected chi connectivity index (χ1v) is 7.29. The number of fused-ring (bicyclic) bond motifs is 1. The third kappa shape index (κ3) is 3.35. The maximum Gasteiger partial charge on any atom is 0.272 e. The van der Waals surface area contributed by atoms with E-state index < -0.39 is 0 Å². The Morgan fingerprint density at radius 2 is 1.95 bits per heavy atom. The molecule has 0 aliphatic carbocycles. The number of aromatic nitrogens is 2. The van der Waals surface area contributed by atoms with E-state index in [9.17, 15) is 4.79 Å². The Labute approximate surface area is 132 Å². The summed E-state index contributed by atoms with van der Waals surface area (Å²) in [5.41, 5.74) is 2.84. The molecule has 110 valence electrons. The van der Waals surface area contributed by atoms with Gasteiger partial charge in [-0.15, -0.1) is 0 Å². The van der Waals surface area contributed by atoms with E-state index in [0.29, 0.717) is 11.6 Å². The van der Waals surface area contributed by atoms with Gasteiger partial charge in [0.1, 0.15) is 6.54 Å². The molecule has 0 unspecified atom stereocenters. The number of imidazole rings is 1. The van der Waals surface area contributed by atoms with Crippen molar-refractivity contribution in [3.05, 3.63) is 71.0 Å². The normalized spacial score (nSPS) is 11.1. The number of para-hydroxylation sites is 2. The molecule has 1 amide bonds. The van der Waals surface area contributed by atoms with Gasteiger partial charge in [0, 0.05) is 11.1 Å². The number of benzene rings is 2. The van der Waals surface area contributed by atoms with E-state index in [-0.39, 0.29) is 5.91 Å². The summed E-state index contributed by atoms with van der Waals surface area (Å²) in [5, 5.41) is 3.44. The minimum absolute atomic E-state index is 0.174. The quantitative estimate of drug-likeness (QED) is 0.715. The lowest BCUT2D eigenvalue weighted by Crippen LogP contribution is -2.24. The molecule has 0 saturated carbocycles. The molecule has 0 spiro atoms. The zero-order chi connectivity index (χ0) is 15.4. The van der Waals surface area contributed by atoms with E-state index in [1.807, 2.05) is 42.5 Å². The predicted molar refractivity (Wildman–Crippen MR) is 87.2 cm³/mol. The summed E-state index contributed by atoms with van der Waals surface area (Å²) >= 11 is 6.03. The topological polar surface area (TPSA) is 59.0 Å². The van der Waals surface area contributed by atoms with E-state index in [1.165, 1.54) is 6.08 Å². The summed E-state index contributed by atoms with van der Waals surface area (Å²) in [5.74, 6) is 0.674. The van der Waals surface area contributed by atoms with Gasteiger partial charge < -0.3 is 5.32 Å². The van der Waals surface area contributed by atoms with Crippen molar-refractivity contribution in [2.45, 2.75) is 6.54 Å². The van der Waals surface area contributed by atoms with Gasteiger partial charge in [-0.05, 0) is 29.8 Å². The molecular weight excluding hydrogens is 298 g/mol. The maximum absolute atomic E-state index is 11.8. The number of H-pyrrole nitrogens is 2. The number of amides is 1. The second-order valence-corrected chi connectivity index (χ2v) is 5.25. The fourth-order valence-electron chi connectivity index (χ4n) is 2.16. The number of carbonyl (C=O) groups excluding carboxylic acids is 1. The van der Waals surface area contributed by atoms with Crippen molar-refractivity contribution in [1.29, 1.82) is 0 Å². The second-order valence-electron chi connectivity index (χ2n) is 4.85. The Kier molecular flexibility index (Phi) is 4.21. The zero-order valence-corrected chi connectivity index (χ0v) is 12.5. The number of carbonyl (C=O) groups is 1. The highest BCUT2D eigenvalue weighted by molar-refractivity contribution is 6.32. The minimum atomic E-state index is -0.174. The third-order valence-electron chi connectivity index (χ3n) is 3.26. The Balaban J connectivity index is 1.61. The first-order chi connectivity index (χ1) is 10.7. The van der Waals surface area contributed by atoms with E-state index in [1.54, 1.807) is 12.1 Å². The summed E-state index contributed by atoms with van der Waals surface area (Å²) in [7, 11) is 0. The van der Waals surface area contributed by atoms with Crippen LogP contribution in [0.1, 0.15) is 11.4 Å². The van der Waals surface area contributed by atoms with Crippen LogP contribution in [-0.4, -0.2) is 10.9 Å². The number of aromatic amines is 2. The van der Waals surface area contributed by atoms with Crippen LogP contribution in [0.15, 0.2) is 54.6 Å². The molecule has 0 aliphatic rings. The molecule has 0 aliphatic heterocycles. The van der Waals surface area contributed by atoms with Gasteiger partial charge in [0.15, 0.2) is 11.0 Å². The van der Waals surface area contributed by atoms with Crippen molar-refractivity contribution in [2.24, 2.45) is 0 Å². The number of hydrogen-bond donors (Lipinski definition) is 2. The fourth-order valence-corrected chi connectivity index (χ4v) is 2.35. The molecular formula is C17H15ClN3O+. The van der Waals surface area contributed by atoms with Crippen LogP contribution in [0, 0.1) is 0 Å². The molecule has 4 nitrogen and oxygen atoms in total. The van der Waals surface area contributed by atoms with E-state index in [2.05, 4.69) is 15.3 Å². The molecule has 1 aromatic heterocycles. The summed E-state index contributed by atoms with van der Waals surface area (Å²) in [6, 6.07) is 15.3. The Morgan fingerprint density at radius 3 is 2.77 bits per heavy atom. The van der Waals surface area contributed by atoms with Gasteiger partial charge in [-0.2, -0.15) is 0 Å². The maximum atomic E-state index is 11.8. The first kappa shape index (κ1) is 14.4. The van der Waals surface area contributed by atoms with Crippen molar-refractivity contribution < 1.29 is 9.78 Å². The fraction of sp³-hybridized carbons (Fsp3) is 0.0588. The average molecular weight is 313 g/mol. The lowest BCUT2D eigenvalue weighted by atomic mass is 10.2. The monoisotopic (exact) mass is 312 g/mol. The average Bonchev–Trinajstić information content (AvgIpc) is 2.95. The molecule has 0 radical (unpaired) electrons. The van der Waals surface area contributed by atoms with Crippen LogP contribution in [0.5, 0.6) is 0 Å². The number of rotatable bonds is 4. The summed E-state index contributed by atoms with van der Waals surface area (Å²) < 4.78 is 0. The van der Waals surface area contributed by atoms with Crippen LogP contribution in [-0.2, 0) is 11.3 Å². The van der Waals surface area contributed by atoms with Crippen molar-refractivity contribution in [3.8, 4) is 0 Å². The van der Waals surface area contributed by atoms with Crippen LogP contribution in [0.3, 0.4) is 0 Å². The van der Waals surface area contributed by atoms with E-state index in [4.69, 9.17) is 11.6 Å². The highest BCUT2D eigenvalue weighted by atomic mass is 35.5. The smallest absolute Gasteiger partial charge is 0.272 e. The Bertz CT molecular complexity index is 806. The van der Waals surface area contributed by atoms with Crippen molar-refractivity contribution in [2.75, 3.05) is 0 Å². The molecule has 2 aromatic carbocycles. The van der Waals surface area contributed by atoms with Crippen LogP contribution < -0.4 is 10.3 Å². The van der Waals surface area contributed by atoms with Crippen LogP contribution in [0.4, 0.5) is 0 Å². The van der Waals surface area contributed by atoms with Gasteiger partial charge in [-0.3, -0.25) is 4.79 Å². The Morgan fingerprint density at radius 1 is 1.18 bits per heavy atom. The minimum Gasteiger partial charge on any atom is -0.341 e. The molecule has 3 N–H and O–H groups in total. The molecule has 0 fully saturated rings. The largest absolute Gasteiger partial charge is 0.341 e. The number of halogens is 1. The lowest BCUT2D eigenvalue weighted by Gasteiger charge is -1.98. The highest BCUT2D eigenvalue weighted by Gasteiger charge is 2.09. The number of hydrogen-bond acceptors (Lipinski definition) is 1. The number of nitrogens with one attached hydrogen (secondary N) is 3. The van der Waals surface area contributed by atoms with Gasteiger partial charge >= 0.3 is 0 Å². The summed E-state index contributed by atoms with van der Waals surface area (Å²) in [6.07, 6.45) is 3.18. The van der Waals surface area contributed by atoms with Crippen LogP contribution in [0.2, 0.25) is 5.02 Å². The molecule has 0 bridgehead atoms. The predicted octanol–water partition coefficient (Wildman–Crippen LogP) is 2.97. The van der Waals surface area contributed by atoms with E-state index >= 15 is 0 Å². The standard InChI is InChI=1S/C17H14ClN3O/c18-13-6-2-1-5-12(13)9-10-17(22)19-11-16-20-14-7-3-4-8-15(14)21-16/h1-10H,11H2,(H,19,22)(H,20,21)/p+1. The van der Waals surface area contributed by atoms with Gasteiger partial charge in [-0.1, -0.05) is 41.9 Å². The highest BCUT2D eigenvalue weighted by Crippen LogP contribution is 2.16. The summed E-state index contributed by atoms with van der Waals surface area (Å²) in [4.78, 5) is 18.3. The van der Waals surface area contributed by atoms with Crippen molar-refractivity contribution in [1.82, 2.24) is 10.3 Å². The SMILES string of the molecule is O=C(C=Cc1ccccc1Cl)NCc1[nH]c2ccccc2[nH+]1. The van der Waals surface area contributed by atoms with Gasteiger partial charge in [0.25, 0.3) is 5.82 Å². The molecule has 0 saturated heterocycles. The van der Waals surface area contributed by atoms with Crippen molar-refractivity contribution in [3.63, 3.8) is 0 Å². The first-order valence-electron chi connectivity index (χ1n) is 6.92. The van der Waals surface area contributed by atoms with Gasteiger partial charge in [-0.25, -0.2) is 9.97 Å². The molecule has 22 heavy (non-hydrogen) atoms. The van der Waals surface area contributed by atoms with Crippen molar-refractivity contribution >= 4 is 34.6 Å². The van der Waals surface area contributed by atoms with Gasteiger partial charge in [0.05, 0.1) is 0 Å². The Hall–Kier alpha value is -2.59. The molecule has 0 atom stereocenters. The van der Waals surface area contributed by atoms with Crippen LogP contribution >= 0.6 is 11.6 Å². The lowest BCUT2D eigenvalue weighted by molar-refractivity contribution is -0.358. The molecule has 3 aromatic rings. The molecule has 5 heteroatoms. The summed E-state index contributed by atoms with van der Waals surface area (Å²) in [6.45, 7) is 0.403.